The molecule has 2 heteroatoms. The number of hydrogen-bond donors (Lipinski definition) is 2. The summed E-state index contributed by atoms with van der Waals surface area (Å²) in [5.74, 6) is 5.27. The maximum Gasteiger partial charge on any atom is 0.0693 e. The van der Waals surface area contributed by atoms with Crippen molar-refractivity contribution in [2.24, 2.45) is 46.3 Å². The van der Waals surface area contributed by atoms with Crippen molar-refractivity contribution >= 4 is 12.6 Å². The van der Waals surface area contributed by atoms with Crippen LogP contribution >= 0.6 is 12.6 Å². The topological polar surface area (TPSA) is 20.2 Å². The summed E-state index contributed by atoms with van der Waals surface area (Å²) in [5, 5.41) is 10.6. The summed E-state index contributed by atoms with van der Waals surface area (Å²) in [4.78, 5) is 0. The molecule has 4 aliphatic rings. The van der Waals surface area contributed by atoms with E-state index in [1.165, 1.54) is 51.4 Å². The van der Waals surface area contributed by atoms with Gasteiger partial charge in [-0.05, 0) is 91.3 Å². The van der Waals surface area contributed by atoms with Gasteiger partial charge in [-0.1, -0.05) is 65.5 Å². The average molecular weight is 419 g/mol. The summed E-state index contributed by atoms with van der Waals surface area (Å²) in [7, 11) is 0. The molecule has 4 aliphatic carbocycles. The first-order chi connectivity index (χ1) is 13.7. The molecule has 0 aromatic heterocycles. The fourth-order valence-electron chi connectivity index (χ4n) is 8.71. The van der Waals surface area contributed by atoms with Crippen LogP contribution in [0.3, 0.4) is 0 Å². The van der Waals surface area contributed by atoms with Gasteiger partial charge in [0, 0.05) is 5.25 Å². The predicted octanol–water partition coefficient (Wildman–Crippen LogP) is 7.30. The smallest absolute Gasteiger partial charge is 0.0693 e. The Kier molecular flexibility index (Phi) is 6.29. The lowest BCUT2D eigenvalue weighted by molar-refractivity contribution is -0.0560. The van der Waals surface area contributed by atoms with Gasteiger partial charge in [-0.3, -0.25) is 0 Å². The molecule has 0 spiro atoms. The van der Waals surface area contributed by atoms with Crippen LogP contribution < -0.4 is 0 Å². The summed E-state index contributed by atoms with van der Waals surface area (Å²) in [5.41, 5.74) is 2.42. The van der Waals surface area contributed by atoms with E-state index in [2.05, 4.69) is 40.7 Å². The zero-order valence-corrected chi connectivity index (χ0v) is 20.6. The summed E-state index contributed by atoms with van der Waals surface area (Å²) in [6.07, 6.45) is 15.5. The van der Waals surface area contributed by atoms with Crippen LogP contribution in [-0.4, -0.2) is 16.5 Å². The Labute approximate surface area is 185 Å². The Morgan fingerprint density at radius 3 is 2.59 bits per heavy atom. The molecular weight excluding hydrogens is 372 g/mol. The molecule has 1 nitrogen and oxygen atoms in total. The normalized spacial score (nSPS) is 47.9. The van der Waals surface area contributed by atoms with E-state index in [1.807, 2.05) is 0 Å². The minimum absolute atomic E-state index is 0.154. The van der Waals surface area contributed by atoms with Crippen molar-refractivity contribution in [3.63, 3.8) is 0 Å². The number of hydrogen-bond acceptors (Lipinski definition) is 2. The molecule has 3 fully saturated rings. The SMILES string of the molecule is CC(C)CCC[C@@H](C)[C@H]1CC[C@H]2[C@@H]3CC=C4C[C@H](O)C(S)C[C@]4(C)[C@H]3CC[C@]12C. The maximum atomic E-state index is 10.4. The van der Waals surface area contributed by atoms with Gasteiger partial charge in [0.15, 0.2) is 0 Å². The lowest BCUT2D eigenvalue weighted by Crippen LogP contribution is -2.52. The highest BCUT2D eigenvalue weighted by molar-refractivity contribution is 7.81. The number of thiol groups is 1. The van der Waals surface area contributed by atoms with Crippen molar-refractivity contribution < 1.29 is 5.11 Å². The highest BCUT2D eigenvalue weighted by Crippen LogP contribution is 2.67. The summed E-state index contributed by atoms with van der Waals surface area (Å²) < 4.78 is 0. The van der Waals surface area contributed by atoms with Crippen LogP contribution in [0.5, 0.6) is 0 Å². The van der Waals surface area contributed by atoms with Crippen LogP contribution in [-0.2, 0) is 0 Å². The Hall–Kier alpha value is 0.0500. The molecule has 3 saturated carbocycles. The molecule has 0 aliphatic heterocycles. The first kappa shape index (κ1) is 22.3. The second-order valence-corrected chi connectivity index (χ2v) is 13.0. The first-order valence-corrected chi connectivity index (χ1v) is 13.2. The van der Waals surface area contributed by atoms with E-state index in [9.17, 15) is 5.11 Å². The van der Waals surface area contributed by atoms with Crippen LogP contribution in [0, 0.1) is 46.3 Å². The zero-order valence-electron chi connectivity index (χ0n) is 19.7. The highest BCUT2D eigenvalue weighted by Gasteiger charge is 2.59. The van der Waals surface area contributed by atoms with Crippen LogP contribution in [0.15, 0.2) is 11.6 Å². The van der Waals surface area contributed by atoms with Crippen LogP contribution in [0.4, 0.5) is 0 Å². The van der Waals surface area contributed by atoms with E-state index in [0.717, 1.165) is 48.3 Å². The molecule has 166 valence electrons. The van der Waals surface area contributed by atoms with Gasteiger partial charge in [-0.25, -0.2) is 0 Å². The van der Waals surface area contributed by atoms with Crippen LogP contribution in [0.2, 0.25) is 0 Å². The van der Waals surface area contributed by atoms with E-state index in [-0.39, 0.29) is 16.8 Å². The van der Waals surface area contributed by atoms with E-state index in [1.54, 1.807) is 5.57 Å². The quantitative estimate of drug-likeness (QED) is 0.354. The van der Waals surface area contributed by atoms with Gasteiger partial charge in [0.2, 0.25) is 0 Å². The minimum Gasteiger partial charge on any atom is -0.392 e. The molecule has 4 rings (SSSR count). The van der Waals surface area contributed by atoms with Crippen molar-refractivity contribution in [3.8, 4) is 0 Å². The highest BCUT2D eigenvalue weighted by atomic mass is 32.1. The van der Waals surface area contributed by atoms with Crippen molar-refractivity contribution in [2.45, 2.75) is 110 Å². The molecule has 1 unspecified atom stereocenters. The lowest BCUT2D eigenvalue weighted by atomic mass is 9.47. The van der Waals surface area contributed by atoms with Gasteiger partial charge in [0.25, 0.3) is 0 Å². The average Bonchev–Trinajstić information content (AvgIpc) is 3.00. The Balaban J connectivity index is 1.50. The van der Waals surface area contributed by atoms with Gasteiger partial charge in [0.05, 0.1) is 6.10 Å². The van der Waals surface area contributed by atoms with Crippen molar-refractivity contribution in [2.75, 3.05) is 0 Å². The molecule has 29 heavy (non-hydrogen) atoms. The fraction of sp³-hybridized carbons (Fsp3) is 0.926. The fourth-order valence-corrected chi connectivity index (χ4v) is 9.20. The van der Waals surface area contributed by atoms with E-state index in [0.29, 0.717) is 5.41 Å². The Morgan fingerprint density at radius 1 is 1.10 bits per heavy atom. The minimum atomic E-state index is -0.245. The lowest BCUT2D eigenvalue weighted by Gasteiger charge is -2.59. The van der Waals surface area contributed by atoms with E-state index >= 15 is 0 Å². The summed E-state index contributed by atoms with van der Waals surface area (Å²) >= 11 is 4.79. The molecular formula is C27H46OS. The third-order valence-electron chi connectivity index (χ3n) is 10.3. The monoisotopic (exact) mass is 418 g/mol. The number of fused-ring (bicyclic) bond motifs is 5. The van der Waals surface area contributed by atoms with Gasteiger partial charge >= 0.3 is 0 Å². The molecule has 0 bridgehead atoms. The molecule has 0 aromatic carbocycles. The number of aliphatic hydroxyl groups is 1. The number of allylic oxidation sites excluding steroid dienone is 1. The zero-order chi connectivity index (χ0) is 21.0. The van der Waals surface area contributed by atoms with Gasteiger partial charge in [-0.2, -0.15) is 12.6 Å². The van der Waals surface area contributed by atoms with E-state index in [4.69, 9.17) is 12.6 Å². The third-order valence-corrected chi connectivity index (χ3v) is 10.9. The first-order valence-electron chi connectivity index (χ1n) is 12.7. The molecule has 1 N–H and O–H groups in total. The molecule has 9 atom stereocenters. The largest absolute Gasteiger partial charge is 0.392 e. The number of rotatable bonds is 5. The van der Waals surface area contributed by atoms with Gasteiger partial charge < -0.3 is 5.11 Å². The van der Waals surface area contributed by atoms with Crippen LogP contribution in [0.25, 0.3) is 0 Å². The maximum absolute atomic E-state index is 10.4. The second kappa shape index (κ2) is 8.19. The van der Waals surface area contributed by atoms with E-state index < -0.39 is 0 Å². The standard InChI is InChI=1S/C27H46OS/c1-17(2)7-6-8-18(3)21-11-12-22-20-10-9-19-15-24(28)25(29)16-27(19,5)23(20)13-14-26(21,22)4/h9,17-18,20-25,28-29H,6-8,10-16H2,1-5H3/t18-,20+,21-,22+,23+,24+,25?,26-,27+/m1/s1. The van der Waals surface area contributed by atoms with Gasteiger partial charge in [0.1, 0.15) is 0 Å². The van der Waals surface area contributed by atoms with Crippen molar-refractivity contribution in [1.29, 1.82) is 0 Å². The summed E-state index contributed by atoms with van der Waals surface area (Å²) in [6.45, 7) is 12.5. The molecule has 0 aromatic rings. The van der Waals surface area contributed by atoms with Gasteiger partial charge in [-0.15, -0.1) is 0 Å². The molecule has 0 radical (unpaired) electrons. The van der Waals surface area contributed by atoms with Crippen LogP contribution in [0.1, 0.15) is 98.8 Å². The van der Waals surface area contributed by atoms with Crippen molar-refractivity contribution in [1.82, 2.24) is 0 Å². The van der Waals surface area contributed by atoms with Crippen molar-refractivity contribution in [3.05, 3.63) is 11.6 Å². The second-order valence-electron chi connectivity index (χ2n) is 12.3. The number of aliphatic hydroxyl groups excluding tert-OH is 1. The Bertz CT molecular complexity index is 626. The molecule has 0 heterocycles. The third kappa shape index (κ3) is 3.77. The molecule has 0 saturated heterocycles. The molecule has 0 amide bonds. The predicted molar refractivity (Wildman–Crippen MR) is 127 cm³/mol. The Morgan fingerprint density at radius 2 is 1.86 bits per heavy atom. The summed E-state index contributed by atoms with van der Waals surface area (Å²) in [6, 6.07) is 0.